The molecule has 226 valence electrons. The van der Waals surface area contributed by atoms with E-state index < -0.39 is 0 Å². The van der Waals surface area contributed by atoms with Crippen LogP contribution in [0.5, 0.6) is 5.75 Å². The molecule has 1 unspecified atom stereocenters. The zero-order valence-electron chi connectivity index (χ0n) is 25.1. The number of benzene rings is 2. The molecule has 1 aromatic heterocycles. The molecule has 0 bridgehead atoms. The van der Waals surface area contributed by atoms with Gasteiger partial charge in [-0.15, -0.1) is 0 Å². The summed E-state index contributed by atoms with van der Waals surface area (Å²) < 4.78 is 6.51. The second-order valence-corrected chi connectivity index (χ2v) is 11.7. The van der Waals surface area contributed by atoms with E-state index in [0.717, 1.165) is 82.1 Å². The van der Waals surface area contributed by atoms with Gasteiger partial charge in [0.05, 0.1) is 0 Å². The molecule has 0 saturated carbocycles. The number of amides is 2. The second kappa shape index (κ2) is 13.5. The highest BCUT2D eigenvalue weighted by Gasteiger charge is 2.34. The minimum absolute atomic E-state index is 0.0120. The number of anilines is 2. The molecule has 0 spiro atoms. The number of carbonyl (C=O) groups is 2. The van der Waals surface area contributed by atoms with Crippen LogP contribution >= 0.6 is 0 Å². The number of piperazine rings is 1. The molecule has 3 aliphatic heterocycles. The summed E-state index contributed by atoms with van der Waals surface area (Å²) in [5, 5.41) is 0. The first-order chi connectivity index (χ1) is 21.1. The Hall–Kier alpha value is -3.98. The van der Waals surface area contributed by atoms with Crippen molar-refractivity contribution in [2.75, 3.05) is 49.1 Å². The highest BCUT2D eigenvalue weighted by atomic mass is 16.5. The van der Waals surface area contributed by atoms with Crippen LogP contribution in [0.2, 0.25) is 0 Å². The van der Waals surface area contributed by atoms with Crippen LogP contribution < -0.4 is 14.5 Å². The van der Waals surface area contributed by atoms with Crippen LogP contribution in [0.3, 0.4) is 0 Å². The van der Waals surface area contributed by atoms with E-state index in [1.807, 2.05) is 52.3 Å². The van der Waals surface area contributed by atoms with Crippen LogP contribution in [0.15, 0.2) is 67.0 Å². The maximum Gasteiger partial charge on any atom is 0.253 e. The zero-order chi connectivity index (χ0) is 29.6. The number of unbranched alkanes of at least 4 members (excludes halogenated alkanes) is 1. The predicted molar refractivity (Wildman–Crippen MR) is 167 cm³/mol. The van der Waals surface area contributed by atoms with Gasteiger partial charge in [0.1, 0.15) is 5.75 Å². The molecule has 2 saturated heterocycles. The molecule has 2 amide bonds. The van der Waals surface area contributed by atoms with Crippen molar-refractivity contribution >= 4 is 23.5 Å². The van der Waals surface area contributed by atoms with Gasteiger partial charge in [-0.2, -0.15) is 0 Å². The Morgan fingerprint density at radius 1 is 0.907 bits per heavy atom. The van der Waals surface area contributed by atoms with E-state index in [0.29, 0.717) is 25.1 Å². The minimum Gasteiger partial charge on any atom is -0.475 e. The topological polar surface area (TPSA) is 82.1 Å². The smallest absolute Gasteiger partial charge is 0.253 e. The number of fused-ring (bicyclic) bond motifs is 1. The van der Waals surface area contributed by atoms with E-state index in [-0.39, 0.29) is 24.1 Å². The van der Waals surface area contributed by atoms with Crippen molar-refractivity contribution in [3.63, 3.8) is 0 Å². The van der Waals surface area contributed by atoms with Crippen LogP contribution in [0.4, 0.5) is 11.6 Å². The van der Waals surface area contributed by atoms with E-state index in [1.54, 1.807) is 12.4 Å². The van der Waals surface area contributed by atoms with Crippen molar-refractivity contribution < 1.29 is 14.3 Å². The molecule has 1 atom stereocenters. The standard InChI is InChI=1S/C34H42N6O3/c1-2-3-9-32(37-22-24-39(25-23-37)34-35-18-6-19-36-34)43-29-13-10-27(11-14-29)33(42)38-20-16-28(17-21-38)40-30-8-5-4-7-26(30)12-15-31(40)41/h4-8,10-11,13-14,18-19,28,32H,2-3,9,12,15-17,20-25H2,1H3. The first-order valence-corrected chi connectivity index (χ1v) is 15.8. The van der Waals surface area contributed by atoms with E-state index in [4.69, 9.17) is 4.74 Å². The molecule has 43 heavy (non-hydrogen) atoms. The fourth-order valence-corrected chi connectivity index (χ4v) is 6.56. The lowest BCUT2D eigenvalue weighted by molar-refractivity contribution is -0.119. The number of aryl methyl sites for hydroxylation is 1. The van der Waals surface area contributed by atoms with Gasteiger partial charge in [0.2, 0.25) is 11.9 Å². The summed E-state index contributed by atoms with van der Waals surface area (Å²) in [4.78, 5) is 43.6. The van der Waals surface area contributed by atoms with Crippen molar-refractivity contribution in [1.29, 1.82) is 0 Å². The first kappa shape index (κ1) is 29.1. The zero-order valence-corrected chi connectivity index (χ0v) is 25.1. The number of aromatic nitrogens is 2. The van der Waals surface area contributed by atoms with Crippen molar-refractivity contribution in [2.24, 2.45) is 0 Å². The van der Waals surface area contributed by atoms with Crippen LogP contribution in [0.1, 0.15) is 61.4 Å². The Kier molecular flexibility index (Phi) is 9.17. The number of piperidine rings is 1. The minimum atomic E-state index is -0.0120. The SMILES string of the molecule is CCCCC(Oc1ccc(C(=O)N2CCC(N3C(=O)CCc4ccccc43)CC2)cc1)N1CCN(c2ncccn2)CC1. The van der Waals surface area contributed by atoms with Crippen molar-refractivity contribution in [3.8, 4) is 5.75 Å². The fourth-order valence-electron chi connectivity index (χ4n) is 6.56. The molecule has 9 heteroatoms. The molecule has 6 rings (SSSR count). The molecule has 4 heterocycles. The quantitative estimate of drug-likeness (QED) is 0.359. The largest absolute Gasteiger partial charge is 0.475 e. The summed E-state index contributed by atoms with van der Waals surface area (Å²) in [6.07, 6.45) is 9.66. The number of carbonyl (C=O) groups excluding carboxylic acids is 2. The van der Waals surface area contributed by atoms with Crippen LogP contribution in [0.25, 0.3) is 0 Å². The third-order valence-electron chi connectivity index (χ3n) is 8.98. The second-order valence-electron chi connectivity index (χ2n) is 11.7. The van der Waals surface area contributed by atoms with Gasteiger partial charge in [-0.05, 0) is 74.1 Å². The summed E-state index contributed by atoms with van der Waals surface area (Å²) in [5.74, 6) is 1.80. The van der Waals surface area contributed by atoms with Crippen LogP contribution in [0, 0.1) is 0 Å². The number of likely N-dealkylation sites (tertiary alicyclic amines) is 1. The van der Waals surface area contributed by atoms with Gasteiger partial charge in [0.15, 0.2) is 6.23 Å². The molecular formula is C34H42N6O3. The first-order valence-electron chi connectivity index (χ1n) is 15.8. The van der Waals surface area contributed by atoms with Gasteiger partial charge >= 0.3 is 0 Å². The van der Waals surface area contributed by atoms with Crippen molar-refractivity contribution in [3.05, 3.63) is 78.1 Å². The number of ether oxygens (including phenoxy) is 1. The Morgan fingerprint density at radius 2 is 1.63 bits per heavy atom. The summed E-state index contributed by atoms with van der Waals surface area (Å²) in [5.41, 5.74) is 2.96. The molecule has 2 fully saturated rings. The van der Waals surface area contributed by atoms with E-state index >= 15 is 0 Å². The number of para-hydroxylation sites is 1. The van der Waals surface area contributed by atoms with Crippen LogP contribution in [-0.4, -0.2) is 83.1 Å². The normalized spacial score (nSPS) is 18.8. The fraction of sp³-hybridized carbons (Fsp3) is 0.471. The summed E-state index contributed by atoms with van der Waals surface area (Å²) in [7, 11) is 0. The summed E-state index contributed by atoms with van der Waals surface area (Å²) >= 11 is 0. The predicted octanol–water partition coefficient (Wildman–Crippen LogP) is 4.78. The summed E-state index contributed by atoms with van der Waals surface area (Å²) in [6, 6.07) is 17.8. The van der Waals surface area contributed by atoms with Gasteiger partial charge in [-0.3, -0.25) is 14.5 Å². The highest BCUT2D eigenvalue weighted by Crippen LogP contribution is 2.32. The Bertz CT molecular complexity index is 1370. The Morgan fingerprint density at radius 3 is 2.35 bits per heavy atom. The van der Waals surface area contributed by atoms with Crippen molar-refractivity contribution in [2.45, 2.75) is 64.1 Å². The van der Waals surface area contributed by atoms with Gasteiger partial charge in [0.25, 0.3) is 5.91 Å². The number of hydrogen-bond donors (Lipinski definition) is 0. The third-order valence-corrected chi connectivity index (χ3v) is 8.98. The molecule has 2 aromatic carbocycles. The van der Waals surface area contributed by atoms with Crippen LogP contribution in [-0.2, 0) is 11.2 Å². The molecule has 0 radical (unpaired) electrons. The number of hydrogen-bond acceptors (Lipinski definition) is 7. The monoisotopic (exact) mass is 582 g/mol. The maximum atomic E-state index is 13.4. The van der Waals surface area contributed by atoms with Gasteiger partial charge < -0.3 is 19.4 Å². The summed E-state index contributed by atoms with van der Waals surface area (Å²) in [6.45, 7) is 6.98. The molecule has 0 aliphatic carbocycles. The number of rotatable bonds is 9. The van der Waals surface area contributed by atoms with Gasteiger partial charge in [-0.1, -0.05) is 31.5 Å². The van der Waals surface area contributed by atoms with E-state index in [9.17, 15) is 9.59 Å². The highest BCUT2D eigenvalue weighted by molar-refractivity contribution is 5.97. The van der Waals surface area contributed by atoms with Gasteiger partial charge in [-0.25, -0.2) is 9.97 Å². The van der Waals surface area contributed by atoms with Gasteiger partial charge in [0, 0.05) is 75.4 Å². The Balaban J connectivity index is 1.04. The average Bonchev–Trinajstić information content (AvgIpc) is 3.07. The lowest BCUT2D eigenvalue weighted by atomic mass is 9.95. The maximum absolute atomic E-state index is 13.4. The third kappa shape index (κ3) is 6.67. The molecule has 0 N–H and O–H groups in total. The molecule has 3 aliphatic rings. The van der Waals surface area contributed by atoms with E-state index in [2.05, 4.69) is 38.8 Å². The average molecular weight is 583 g/mol. The lowest BCUT2D eigenvalue weighted by Gasteiger charge is -2.41. The lowest BCUT2D eigenvalue weighted by Crippen LogP contribution is -2.52. The molecule has 3 aromatic rings. The molecule has 9 nitrogen and oxygen atoms in total. The number of nitrogens with zero attached hydrogens (tertiary/aromatic N) is 6. The van der Waals surface area contributed by atoms with Crippen molar-refractivity contribution in [1.82, 2.24) is 19.8 Å². The molecular weight excluding hydrogens is 540 g/mol. The van der Waals surface area contributed by atoms with E-state index in [1.165, 1.54) is 5.56 Å². The Labute approximate surface area is 254 Å².